The maximum absolute atomic E-state index is 11.4. The number of hydrogen-bond donors (Lipinski definition) is 1. The molecule has 1 heterocycles. The molecule has 0 spiro atoms. The van der Waals surface area contributed by atoms with E-state index in [0.29, 0.717) is 18.5 Å². The van der Waals surface area contributed by atoms with E-state index in [1.807, 2.05) is 0 Å². The Morgan fingerprint density at radius 2 is 2.25 bits per heavy atom. The predicted octanol–water partition coefficient (Wildman–Crippen LogP) is 1.01. The van der Waals surface area contributed by atoms with Crippen LogP contribution < -0.4 is 5.32 Å². The van der Waals surface area contributed by atoms with E-state index < -0.39 is 0 Å². The summed E-state index contributed by atoms with van der Waals surface area (Å²) in [5, 5.41) is 3.46. The van der Waals surface area contributed by atoms with Crippen LogP contribution in [0.4, 0.5) is 0 Å². The lowest BCUT2D eigenvalue weighted by molar-refractivity contribution is -0.142. The van der Waals surface area contributed by atoms with Crippen molar-refractivity contribution in [2.75, 3.05) is 20.2 Å². The highest BCUT2D eigenvalue weighted by atomic mass is 16.5. The minimum atomic E-state index is -0.119. The molecule has 1 aliphatic rings. The number of nitrogens with one attached hydrogen (secondary N) is 1. The molecule has 2 unspecified atom stereocenters. The lowest BCUT2D eigenvalue weighted by Crippen LogP contribution is -2.45. The third kappa shape index (κ3) is 3.76. The topological polar surface area (TPSA) is 41.6 Å². The molecule has 0 aromatic rings. The van der Waals surface area contributed by atoms with Gasteiger partial charge < -0.3 is 10.1 Å². The van der Waals surface area contributed by atoms with Crippen molar-refractivity contribution in [1.82, 2.24) is 10.2 Å². The number of nitrogens with zero attached hydrogens (tertiary/aromatic N) is 1. The van der Waals surface area contributed by atoms with Crippen LogP contribution in [0.15, 0.2) is 0 Å². The summed E-state index contributed by atoms with van der Waals surface area (Å²) in [6, 6.07) is 1.27. The van der Waals surface area contributed by atoms with E-state index in [0.717, 1.165) is 19.5 Å². The Morgan fingerprint density at radius 3 is 2.81 bits per heavy atom. The highest BCUT2D eigenvalue weighted by Crippen LogP contribution is 2.14. The second kappa shape index (κ2) is 6.21. The molecular weight excluding hydrogens is 204 g/mol. The molecule has 0 amide bonds. The molecule has 1 N–H and O–H groups in total. The summed E-state index contributed by atoms with van der Waals surface area (Å²) in [7, 11) is 1.45. The molecule has 1 saturated heterocycles. The van der Waals surface area contributed by atoms with E-state index in [-0.39, 0.29) is 12.0 Å². The van der Waals surface area contributed by atoms with Crippen LogP contribution >= 0.6 is 0 Å². The number of rotatable bonds is 3. The van der Waals surface area contributed by atoms with Crippen LogP contribution in [0.1, 0.15) is 33.6 Å². The highest BCUT2D eigenvalue weighted by molar-refractivity contribution is 5.69. The van der Waals surface area contributed by atoms with Crippen LogP contribution in [0.3, 0.4) is 0 Å². The van der Waals surface area contributed by atoms with Crippen molar-refractivity contribution < 1.29 is 9.53 Å². The van der Waals surface area contributed by atoms with Gasteiger partial charge in [-0.05, 0) is 27.2 Å². The number of methoxy groups -OCH3 is 1. The first kappa shape index (κ1) is 13.5. The molecule has 94 valence electrons. The Bertz CT molecular complexity index is 231. The van der Waals surface area contributed by atoms with Gasteiger partial charge >= 0.3 is 5.97 Å². The summed E-state index contributed by atoms with van der Waals surface area (Å²) < 4.78 is 4.76. The molecule has 1 rings (SSSR count). The fraction of sp³-hybridized carbons (Fsp3) is 0.917. The van der Waals surface area contributed by atoms with Gasteiger partial charge in [-0.3, -0.25) is 9.69 Å². The van der Waals surface area contributed by atoms with Crippen LogP contribution in [0, 0.1) is 0 Å². The monoisotopic (exact) mass is 228 g/mol. The number of ether oxygens (including phenoxy) is 1. The van der Waals surface area contributed by atoms with Gasteiger partial charge in [-0.25, -0.2) is 0 Å². The number of carbonyl (C=O) groups excluding carboxylic acids is 1. The molecule has 0 aromatic heterocycles. The second-order valence-corrected chi connectivity index (χ2v) is 4.86. The zero-order valence-electron chi connectivity index (χ0n) is 10.8. The largest absolute Gasteiger partial charge is 0.469 e. The molecule has 1 aliphatic heterocycles. The molecule has 2 atom stereocenters. The normalized spacial score (nSPS) is 27.8. The van der Waals surface area contributed by atoms with Crippen LogP contribution in [0.2, 0.25) is 0 Å². The zero-order valence-corrected chi connectivity index (χ0v) is 10.8. The molecule has 16 heavy (non-hydrogen) atoms. The fourth-order valence-electron chi connectivity index (χ4n) is 2.23. The van der Waals surface area contributed by atoms with Crippen molar-refractivity contribution in [3.8, 4) is 0 Å². The van der Waals surface area contributed by atoms with Gasteiger partial charge in [0.1, 0.15) is 0 Å². The van der Waals surface area contributed by atoms with E-state index in [2.05, 4.69) is 31.0 Å². The second-order valence-electron chi connectivity index (χ2n) is 4.86. The third-order valence-electron chi connectivity index (χ3n) is 3.28. The van der Waals surface area contributed by atoms with Gasteiger partial charge in [0.15, 0.2) is 0 Å². The van der Waals surface area contributed by atoms with Gasteiger partial charge in [-0.1, -0.05) is 0 Å². The van der Waals surface area contributed by atoms with E-state index >= 15 is 0 Å². The highest BCUT2D eigenvalue weighted by Gasteiger charge is 2.27. The summed E-state index contributed by atoms with van der Waals surface area (Å²) in [4.78, 5) is 13.8. The van der Waals surface area contributed by atoms with Crippen LogP contribution in [0.5, 0.6) is 0 Å². The van der Waals surface area contributed by atoms with Crippen molar-refractivity contribution in [1.29, 1.82) is 0 Å². The molecule has 0 saturated carbocycles. The first-order valence-corrected chi connectivity index (χ1v) is 6.10. The Hall–Kier alpha value is -0.610. The first-order chi connectivity index (χ1) is 7.54. The first-order valence-electron chi connectivity index (χ1n) is 6.10. The predicted molar refractivity (Wildman–Crippen MR) is 64.3 cm³/mol. The molecule has 0 bridgehead atoms. The Kier molecular flexibility index (Phi) is 5.22. The van der Waals surface area contributed by atoms with Gasteiger partial charge in [0.05, 0.1) is 13.5 Å². The molecule has 1 fully saturated rings. The summed E-state index contributed by atoms with van der Waals surface area (Å²) in [6.07, 6.45) is 1.62. The number of esters is 1. The van der Waals surface area contributed by atoms with Crippen molar-refractivity contribution in [3.63, 3.8) is 0 Å². The van der Waals surface area contributed by atoms with Gasteiger partial charge in [-0.2, -0.15) is 0 Å². The maximum atomic E-state index is 11.4. The Morgan fingerprint density at radius 1 is 1.56 bits per heavy atom. The van der Waals surface area contributed by atoms with Crippen molar-refractivity contribution in [2.24, 2.45) is 0 Å². The van der Waals surface area contributed by atoms with Crippen molar-refractivity contribution >= 4 is 5.97 Å². The lowest BCUT2D eigenvalue weighted by Gasteiger charge is -2.32. The molecule has 0 aliphatic carbocycles. The van der Waals surface area contributed by atoms with E-state index in [9.17, 15) is 4.79 Å². The standard InChI is InChI=1S/C12H24N2O2/c1-9(2)14-6-5-10(3)13-8-11(14)7-12(15)16-4/h9-11,13H,5-8H2,1-4H3. The van der Waals surface area contributed by atoms with Crippen LogP contribution in [-0.2, 0) is 9.53 Å². The summed E-state index contributed by atoms with van der Waals surface area (Å²) in [5.41, 5.74) is 0. The van der Waals surface area contributed by atoms with Gasteiger partial charge in [0, 0.05) is 31.2 Å². The lowest BCUT2D eigenvalue weighted by atomic mass is 10.1. The van der Waals surface area contributed by atoms with Crippen LogP contribution in [0.25, 0.3) is 0 Å². The SMILES string of the molecule is COC(=O)CC1CNC(C)CCN1C(C)C. The van der Waals surface area contributed by atoms with Crippen molar-refractivity contribution in [3.05, 3.63) is 0 Å². The van der Waals surface area contributed by atoms with Gasteiger partial charge in [0.25, 0.3) is 0 Å². The van der Waals surface area contributed by atoms with Gasteiger partial charge in [-0.15, -0.1) is 0 Å². The smallest absolute Gasteiger partial charge is 0.307 e. The quantitative estimate of drug-likeness (QED) is 0.732. The Balaban J connectivity index is 2.63. The average molecular weight is 228 g/mol. The molecular formula is C12H24N2O2. The zero-order chi connectivity index (χ0) is 12.1. The van der Waals surface area contributed by atoms with E-state index in [1.165, 1.54) is 7.11 Å². The summed E-state index contributed by atoms with van der Waals surface area (Å²) in [6.45, 7) is 8.47. The van der Waals surface area contributed by atoms with E-state index in [1.54, 1.807) is 0 Å². The number of hydrogen-bond acceptors (Lipinski definition) is 4. The molecule has 0 radical (unpaired) electrons. The molecule has 0 aromatic carbocycles. The summed E-state index contributed by atoms with van der Waals surface area (Å²) >= 11 is 0. The molecule has 4 heteroatoms. The van der Waals surface area contributed by atoms with Gasteiger partial charge in [0.2, 0.25) is 0 Å². The van der Waals surface area contributed by atoms with E-state index in [4.69, 9.17) is 4.74 Å². The third-order valence-corrected chi connectivity index (χ3v) is 3.28. The Labute approximate surface area is 98.3 Å². The minimum Gasteiger partial charge on any atom is -0.469 e. The van der Waals surface area contributed by atoms with Crippen molar-refractivity contribution in [2.45, 2.75) is 51.7 Å². The fourth-order valence-corrected chi connectivity index (χ4v) is 2.23. The number of carbonyl (C=O) groups is 1. The average Bonchev–Trinajstić information content (AvgIpc) is 2.41. The maximum Gasteiger partial charge on any atom is 0.307 e. The summed E-state index contributed by atoms with van der Waals surface area (Å²) in [5.74, 6) is -0.119. The minimum absolute atomic E-state index is 0.119. The molecule has 4 nitrogen and oxygen atoms in total. The van der Waals surface area contributed by atoms with Crippen LogP contribution in [-0.4, -0.2) is 49.2 Å².